The first-order valence-electron chi connectivity index (χ1n) is 5.63. The third-order valence-electron chi connectivity index (χ3n) is 3.13. The molecule has 0 saturated heterocycles. The molecule has 1 aliphatic rings. The van der Waals surface area contributed by atoms with Crippen molar-refractivity contribution in [2.45, 2.75) is 45.9 Å². The number of alkyl halides is 2. The number of allylic oxidation sites excluding steroid dienone is 2. The van der Waals surface area contributed by atoms with Gasteiger partial charge in [0.2, 0.25) is 0 Å². The van der Waals surface area contributed by atoms with Crippen LogP contribution in [0.1, 0.15) is 39.0 Å². The summed E-state index contributed by atoms with van der Waals surface area (Å²) in [5, 5.41) is 8.99. The van der Waals surface area contributed by atoms with E-state index in [1.165, 1.54) is 0 Å². The lowest BCUT2D eigenvalue weighted by atomic mass is 9.89. The first-order valence-corrected chi connectivity index (χ1v) is 7.79. The van der Waals surface area contributed by atoms with Crippen molar-refractivity contribution in [2.75, 3.05) is 0 Å². The van der Waals surface area contributed by atoms with Gasteiger partial charge in [-0.15, -0.1) is 6.84 Å². The van der Waals surface area contributed by atoms with E-state index in [-0.39, 0.29) is 12.2 Å². The molecule has 17 heavy (non-hydrogen) atoms. The zero-order chi connectivity index (χ0) is 13.1. The van der Waals surface area contributed by atoms with E-state index < -0.39 is 12.8 Å². The number of Topliss-reactive ketones (excluding diaryl/α,β-unsaturated/α-hetero) is 1. The average molecular weight is 462 g/mol. The summed E-state index contributed by atoms with van der Waals surface area (Å²) in [6, 6.07) is 0. The van der Waals surface area contributed by atoms with Crippen LogP contribution in [0.2, 0.25) is 0 Å². The molecular weight excluding hydrogens is 446 g/mol. The monoisotopic (exact) mass is 462 g/mol. The normalized spacial score (nSPS) is 33.5. The number of carbonyl (C=O) groups excluding carboxylic acids is 1. The van der Waals surface area contributed by atoms with Crippen LogP contribution >= 0.6 is 0 Å². The minimum absolute atomic E-state index is 0.0577. The highest BCUT2D eigenvalue weighted by atomic mass is 127. The van der Waals surface area contributed by atoms with E-state index >= 15 is 0 Å². The van der Waals surface area contributed by atoms with E-state index in [0.29, 0.717) is 19.3 Å². The van der Waals surface area contributed by atoms with Crippen LogP contribution < -0.4 is 45.2 Å². The molecule has 98 valence electrons. The van der Waals surface area contributed by atoms with E-state index in [4.69, 9.17) is 5.11 Å². The molecule has 1 aliphatic carbocycles. The van der Waals surface area contributed by atoms with Gasteiger partial charge in [-0.1, -0.05) is 25.5 Å². The number of carbonyl (C=O) groups is 2. The molecular formula is C12H16I2O3-2. The number of hydrogen-bond donors (Lipinski definition) is 1. The maximum Gasteiger partial charge on any atom is 0.301 e. The molecule has 0 aromatic rings. The first-order chi connectivity index (χ1) is 7.85. The molecule has 0 unspecified atom stereocenters. The van der Waals surface area contributed by atoms with Gasteiger partial charge in [0.15, 0.2) is 0 Å². The molecule has 2 radical (unpaired) electrons. The smallest absolute Gasteiger partial charge is 0.301 e. The van der Waals surface area contributed by atoms with Gasteiger partial charge >= 0.3 is 5.97 Å². The molecule has 1 fully saturated rings. The molecule has 0 heterocycles. The predicted octanol–water partition coefficient (Wildman–Crippen LogP) is -4.24. The van der Waals surface area contributed by atoms with Crippen molar-refractivity contribution in [1.29, 1.82) is 0 Å². The minimum Gasteiger partial charge on any atom is -0.790 e. The van der Waals surface area contributed by atoms with Crippen molar-refractivity contribution in [2.24, 2.45) is 0 Å². The standard InChI is InChI=1S/C12H16I2O3/c1-2-3-4-6-12(14)9(15)5-7-11(12,13)8-10(16)17/h3-4H,2,5-8H2,1H3,(H,16,17)/q-2/b4-3-/t11-,12-/m1/s1. The first kappa shape index (κ1) is 15.4. The summed E-state index contributed by atoms with van der Waals surface area (Å²) >= 11 is 4.35. The van der Waals surface area contributed by atoms with Crippen molar-refractivity contribution in [3.05, 3.63) is 12.2 Å². The molecule has 0 aromatic carbocycles. The fourth-order valence-electron chi connectivity index (χ4n) is 2.14. The summed E-state index contributed by atoms with van der Waals surface area (Å²) in [4.78, 5) is 23.0. The maximum atomic E-state index is 12.0. The van der Waals surface area contributed by atoms with Crippen LogP contribution in [0, 0.1) is 0 Å². The Morgan fingerprint density at radius 3 is 2.65 bits per heavy atom. The molecule has 0 amide bonds. The lowest BCUT2D eigenvalue weighted by molar-refractivity contribution is -0.589. The Kier molecular flexibility index (Phi) is 5.42. The summed E-state index contributed by atoms with van der Waals surface area (Å²) in [5.41, 5.74) is 0. The number of halogens is 2. The van der Waals surface area contributed by atoms with Crippen LogP contribution in [-0.2, 0) is 9.59 Å². The van der Waals surface area contributed by atoms with Gasteiger partial charge in [0, 0.05) is 12.8 Å². The van der Waals surface area contributed by atoms with Crippen LogP contribution in [0.4, 0.5) is 0 Å². The van der Waals surface area contributed by atoms with Crippen molar-refractivity contribution < 1.29 is 59.9 Å². The van der Waals surface area contributed by atoms with Crippen LogP contribution in [0.25, 0.3) is 0 Å². The molecule has 1 N–H and O–H groups in total. The predicted molar refractivity (Wildman–Crippen MR) is 56.0 cm³/mol. The summed E-state index contributed by atoms with van der Waals surface area (Å²) in [5.74, 6) is -0.635. The quantitative estimate of drug-likeness (QED) is 0.256. The Bertz CT molecular complexity index is 354. The lowest BCUT2D eigenvalue weighted by Crippen LogP contribution is -3.56. The second-order valence-corrected chi connectivity index (χ2v) is 8.25. The number of carboxylic acid groups (broad SMARTS) is 1. The highest BCUT2D eigenvalue weighted by Crippen LogP contribution is 2.33. The molecule has 0 spiro atoms. The molecule has 3 nitrogen and oxygen atoms in total. The highest BCUT2D eigenvalue weighted by molar-refractivity contribution is 5.92. The molecule has 1 saturated carbocycles. The number of aliphatic carboxylic acids is 1. The van der Waals surface area contributed by atoms with Crippen molar-refractivity contribution >= 4 is 11.8 Å². The number of hydrogen-bond acceptors (Lipinski definition) is 2. The minimum atomic E-state index is -0.824. The highest BCUT2D eigenvalue weighted by Gasteiger charge is 2.42. The van der Waals surface area contributed by atoms with Crippen molar-refractivity contribution in [3.8, 4) is 0 Å². The van der Waals surface area contributed by atoms with E-state index in [0.717, 1.165) is 6.42 Å². The van der Waals surface area contributed by atoms with E-state index in [2.05, 4.69) is 45.2 Å². The van der Waals surface area contributed by atoms with Gasteiger partial charge in [-0.05, 0) is 12.8 Å². The third-order valence-corrected chi connectivity index (χ3v) is 8.08. The molecule has 0 aliphatic heterocycles. The Morgan fingerprint density at radius 1 is 1.47 bits per heavy atom. The summed E-state index contributed by atoms with van der Waals surface area (Å²) in [7, 11) is 0. The van der Waals surface area contributed by atoms with Crippen LogP contribution in [0.15, 0.2) is 12.2 Å². The molecule has 1 rings (SSSR count). The van der Waals surface area contributed by atoms with Gasteiger partial charge in [0.1, 0.15) is 5.78 Å². The van der Waals surface area contributed by atoms with Gasteiger partial charge in [0.05, 0.1) is 0 Å². The largest absolute Gasteiger partial charge is 0.790 e. The fraction of sp³-hybridized carbons (Fsp3) is 0.667. The SMILES string of the molecule is CC/C=C\C[C@@]1([I-])C(=O)CC[C@@]1([I-])CC(=O)O. The van der Waals surface area contributed by atoms with Crippen LogP contribution in [0.5, 0.6) is 0 Å². The van der Waals surface area contributed by atoms with Crippen LogP contribution in [-0.4, -0.2) is 23.7 Å². The Hall–Kier alpha value is 0.340. The second kappa shape index (κ2) is 5.99. The van der Waals surface area contributed by atoms with Gasteiger partial charge in [-0.2, -0.15) is 0 Å². The van der Waals surface area contributed by atoms with E-state index in [1.807, 2.05) is 19.1 Å². The average Bonchev–Trinajstić information content (AvgIpc) is 2.43. The maximum absolute atomic E-state index is 12.0. The zero-order valence-electron chi connectivity index (χ0n) is 9.71. The Labute approximate surface area is 129 Å². The zero-order valence-corrected chi connectivity index (χ0v) is 14.0. The van der Waals surface area contributed by atoms with Crippen LogP contribution in [0.3, 0.4) is 0 Å². The summed E-state index contributed by atoms with van der Waals surface area (Å²) < 4.78 is -1.01. The third kappa shape index (κ3) is 3.21. The molecule has 2 atom stereocenters. The number of ketones is 1. The van der Waals surface area contributed by atoms with Gasteiger partial charge in [-0.25, -0.2) is 0 Å². The molecule has 0 bridgehead atoms. The fourth-order valence-corrected chi connectivity index (χ4v) is 4.24. The summed E-state index contributed by atoms with van der Waals surface area (Å²) in [6.07, 6.45) is 6.84. The number of rotatable bonds is 5. The van der Waals surface area contributed by atoms with Gasteiger partial charge in [-0.3, -0.25) is 4.79 Å². The van der Waals surface area contributed by atoms with E-state index in [9.17, 15) is 9.59 Å². The topological polar surface area (TPSA) is 54.4 Å². The Balaban J connectivity index is 2.93. The van der Waals surface area contributed by atoms with Gasteiger partial charge < -0.3 is 55.1 Å². The molecule has 0 aromatic heterocycles. The second-order valence-electron chi connectivity index (χ2n) is 4.34. The van der Waals surface area contributed by atoms with Crippen molar-refractivity contribution in [3.63, 3.8) is 0 Å². The van der Waals surface area contributed by atoms with Crippen molar-refractivity contribution in [1.82, 2.24) is 0 Å². The van der Waals surface area contributed by atoms with E-state index in [1.54, 1.807) is 0 Å². The molecule has 5 heteroatoms. The Morgan fingerprint density at radius 2 is 2.12 bits per heavy atom. The van der Waals surface area contributed by atoms with Gasteiger partial charge in [0.25, 0.3) is 0 Å². The summed E-state index contributed by atoms with van der Waals surface area (Å²) in [6.45, 7) is 2.04. The number of carboxylic acids is 1. The lowest BCUT2D eigenvalue weighted by Gasteiger charge is -2.56.